The minimum Gasteiger partial charge on any atom is -0.461 e. The molecule has 4 rings (SSSR count). The number of carbonyl (C=O) groups excluding carboxylic acids is 2. The van der Waals surface area contributed by atoms with Crippen molar-refractivity contribution in [1.82, 2.24) is 19.7 Å². The second-order valence-corrected chi connectivity index (χ2v) is 9.56. The van der Waals surface area contributed by atoms with E-state index in [-0.39, 0.29) is 16.8 Å². The summed E-state index contributed by atoms with van der Waals surface area (Å²) >= 11 is 1.41. The van der Waals surface area contributed by atoms with Gasteiger partial charge in [0.1, 0.15) is 0 Å². The number of H-pyrrole nitrogens is 1. The minimum absolute atomic E-state index is 0.0364. The molecule has 1 atom stereocenters. The zero-order valence-electron chi connectivity index (χ0n) is 18.4. The number of nitrogens with zero attached hydrogens (tertiary/aromatic N) is 3. The van der Waals surface area contributed by atoms with E-state index < -0.39 is 0 Å². The van der Waals surface area contributed by atoms with Gasteiger partial charge in [-0.1, -0.05) is 31.0 Å². The molecule has 0 amide bonds. The monoisotopic (exact) mass is 440 g/mol. The summed E-state index contributed by atoms with van der Waals surface area (Å²) in [6.45, 7) is 7.05. The van der Waals surface area contributed by atoms with Crippen LogP contribution < -0.4 is 0 Å². The van der Waals surface area contributed by atoms with Gasteiger partial charge >= 0.3 is 0 Å². The number of hydrogen-bond donors (Lipinski definition) is 1. The lowest BCUT2D eigenvalue weighted by Gasteiger charge is -2.25. The molecule has 164 valence electrons. The Balaban J connectivity index is 1.64. The number of aromatic nitrogens is 4. The van der Waals surface area contributed by atoms with Crippen molar-refractivity contribution < 1.29 is 14.0 Å². The van der Waals surface area contributed by atoms with Gasteiger partial charge in [0.25, 0.3) is 0 Å². The molecule has 0 aliphatic heterocycles. The van der Waals surface area contributed by atoms with E-state index >= 15 is 0 Å². The molecule has 1 unspecified atom stereocenters. The van der Waals surface area contributed by atoms with Crippen molar-refractivity contribution in [2.45, 2.75) is 76.2 Å². The smallest absolute Gasteiger partial charge is 0.200 e. The molecule has 0 bridgehead atoms. The third-order valence-corrected chi connectivity index (χ3v) is 7.09. The van der Waals surface area contributed by atoms with Crippen LogP contribution in [0.1, 0.15) is 84.1 Å². The largest absolute Gasteiger partial charge is 0.461 e. The van der Waals surface area contributed by atoms with Crippen molar-refractivity contribution in [2.75, 3.05) is 0 Å². The highest BCUT2D eigenvalue weighted by Crippen LogP contribution is 2.37. The highest BCUT2D eigenvalue weighted by Gasteiger charge is 2.29. The van der Waals surface area contributed by atoms with Crippen molar-refractivity contribution in [3.63, 3.8) is 0 Å². The van der Waals surface area contributed by atoms with Gasteiger partial charge < -0.3 is 9.40 Å². The summed E-state index contributed by atoms with van der Waals surface area (Å²) in [5.41, 5.74) is 2.55. The topological polar surface area (TPSA) is 93.8 Å². The van der Waals surface area contributed by atoms with E-state index in [1.807, 2.05) is 32.9 Å². The third-order valence-electron chi connectivity index (χ3n) is 6.03. The van der Waals surface area contributed by atoms with Gasteiger partial charge in [0.15, 0.2) is 22.5 Å². The van der Waals surface area contributed by atoms with E-state index in [1.165, 1.54) is 37.9 Å². The molecule has 3 heterocycles. The first-order valence-electron chi connectivity index (χ1n) is 10.8. The number of rotatable bonds is 7. The average molecular weight is 441 g/mol. The first-order valence-corrected chi connectivity index (χ1v) is 11.7. The van der Waals surface area contributed by atoms with Crippen LogP contribution in [0.3, 0.4) is 0 Å². The van der Waals surface area contributed by atoms with E-state index in [0.717, 1.165) is 23.7 Å². The van der Waals surface area contributed by atoms with Gasteiger partial charge in [0.2, 0.25) is 5.82 Å². The lowest BCUT2D eigenvalue weighted by molar-refractivity contribution is 0.0988. The molecule has 0 aromatic carbocycles. The summed E-state index contributed by atoms with van der Waals surface area (Å²) in [6.07, 6.45) is 7.37. The Morgan fingerprint density at radius 2 is 1.97 bits per heavy atom. The minimum atomic E-state index is -0.382. The molecule has 31 heavy (non-hydrogen) atoms. The molecule has 3 aromatic heterocycles. The average Bonchev–Trinajstić information content (AvgIpc) is 3.47. The number of thioether (sulfide) groups is 1. The number of carbonyl (C=O) groups is 2. The Morgan fingerprint density at radius 1 is 1.23 bits per heavy atom. The van der Waals surface area contributed by atoms with Crippen molar-refractivity contribution >= 4 is 23.3 Å². The van der Waals surface area contributed by atoms with E-state index in [4.69, 9.17) is 4.42 Å². The zero-order valence-corrected chi connectivity index (χ0v) is 19.2. The molecule has 8 heteroatoms. The molecule has 0 spiro atoms. The maximum atomic E-state index is 13.2. The SMILES string of the molecule is CC(=O)c1c(C)[nH]c(C(=O)C(C)Sc2nnc(-c3ccco3)n2C2CCCCC2)c1C. The van der Waals surface area contributed by atoms with Crippen molar-refractivity contribution in [3.8, 4) is 11.6 Å². The van der Waals surface area contributed by atoms with E-state index in [2.05, 4.69) is 19.7 Å². The lowest BCUT2D eigenvalue weighted by Crippen LogP contribution is -2.19. The molecule has 1 fully saturated rings. The van der Waals surface area contributed by atoms with Crippen LogP contribution in [0.2, 0.25) is 0 Å². The molecule has 1 aliphatic carbocycles. The predicted octanol–water partition coefficient (Wildman–Crippen LogP) is 5.55. The van der Waals surface area contributed by atoms with Gasteiger partial charge in [0, 0.05) is 17.3 Å². The predicted molar refractivity (Wildman–Crippen MR) is 120 cm³/mol. The molecule has 1 aliphatic rings. The number of ketones is 2. The van der Waals surface area contributed by atoms with Crippen LogP contribution in [0.5, 0.6) is 0 Å². The molecular weight excluding hydrogens is 412 g/mol. The Morgan fingerprint density at radius 3 is 2.58 bits per heavy atom. The van der Waals surface area contributed by atoms with Crippen LogP contribution in [0.25, 0.3) is 11.6 Å². The van der Waals surface area contributed by atoms with Gasteiger partial charge in [-0.3, -0.25) is 14.2 Å². The first kappa shape index (κ1) is 21.6. The molecule has 1 N–H and O–H groups in total. The summed E-state index contributed by atoms with van der Waals surface area (Å²) in [5, 5.41) is 9.20. The number of Topliss-reactive ketones (excluding diaryl/α,β-unsaturated/α-hetero) is 2. The standard InChI is InChI=1S/C23H28N4O3S/c1-13-19(15(3)28)14(2)24-20(13)21(29)16(4)31-23-26-25-22(18-11-8-12-30-18)27(23)17-9-6-5-7-10-17/h8,11-12,16-17,24H,5-7,9-10H2,1-4H3. The Kier molecular flexibility index (Phi) is 6.18. The lowest BCUT2D eigenvalue weighted by atomic mass is 9.95. The Hall–Kier alpha value is -2.61. The van der Waals surface area contributed by atoms with Crippen LogP contribution in [0.4, 0.5) is 0 Å². The number of hydrogen-bond acceptors (Lipinski definition) is 6. The molecule has 0 saturated heterocycles. The van der Waals surface area contributed by atoms with Gasteiger partial charge in [-0.05, 0) is 58.2 Å². The molecular formula is C23H28N4O3S. The molecule has 1 saturated carbocycles. The maximum Gasteiger partial charge on any atom is 0.200 e. The number of aromatic amines is 1. The highest BCUT2D eigenvalue weighted by molar-refractivity contribution is 8.00. The van der Waals surface area contributed by atoms with Gasteiger partial charge in [-0.2, -0.15) is 0 Å². The fraction of sp³-hybridized carbons (Fsp3) is 0.478. The van der Waals surface area contributed by atoms with Crippen LogP contribution in [0.15, 0.2) is 28.0 Å². The normalized spacial score (nSPS) is 15.9. The van der Waals surface area contributed by atoms with E-state index in [0.29, 0.717) is 34.4 Å². The number of aryl methyl sites for hydroxylation is 1. The van der Waals surface area contributed by atoms with E-state index in [9.17, 15) is 9.59 Å². The van der Waals surface area contributed by atoms with Crippen LogP contribution >= 0.6 is 11.8 Å². The van der Waals surface area contributed by atoms with E-state index in [1.54, 1.807) is 6.26 Å². The summed E-state index contributed by atoms with van der Waals surface area (Å²) in [4.78, 5) is 28.3. The van der Waals surface area contributed by atoms with Crippen LogP contribution in [-0.4, -0.2) is 36.6 Å². The maximum absolute atomic E-state index is 13.2. The fourth-order valence-corrected chi connectivity index (χ4v) is 5.52. The molecule has 7 nitrogen and oxygen atoms in total. The zero-order chi connectivity index (χ0) is 22.1. The Bertz CT molecular complexity index is 1090. The fourth-order valence-electron chi connectivity index (χ4n) is 4.54. The van der Waals surface area contributed by atoms with Crippen molar-refractivity contribution in [1.29, 1.82) is 0 Å². The summed E-state index contributed by atoms with van der Waals surface area (Å²) in [5.74, 6) is 1.32. The van der Waals surface area contributed by atoms with Crippen LogP contribution in [-0.2, 0) is 0 Å². The number of nitrogens with one attached hydrogen (secondary N) is 1. The first-order chi connectivity index (χ1) is 14.9. The van der Waals surface area contributed by atoms with Gasteiger partial charge in [0.05, 0.1) is 17.2 Å². The second kappa shape index (κ2) is 8.86. The summed E-state index contributed by atoms with van der Waals surface area (Å²) in [7, 11) is 0. The quantitative estimate of drug-likeness (QED) is 0.382. The highest BCUT2D eigenvalue weighted by atomic mass is 32.2. The summed E-state index contributed by atoms with van der Waals surface area (Å²) in [6, 6.07) is 4.03. The molecule has 0 radical (unpaired) electrons. The van der Waals surface area contributed by atoms with Crippen molar-refractivity contribution in [2.24, 2.45) is 0 Å². The molecule has 3 aromatic rings. The van der Waals surface area contributed by atoms with Crippen LogP contribution in [0, 0.1) is 13.8 Å². The van der Waals surface area contributed by atoms with Gasteiger partial charge in [-0.15, -0.1) is 10.2 Å². The summed E-state index contributed by atoms with van der Waals surface area (Å²) < 4.78 is 7.76. The number of furan rings is 1. The second-order valence-electron chi connectivity index (χ2n) is 8.25. The van der Waals surface area contributed by atoms with Gasteiger partial charge in [-0.25, -0.2) is 0 Å². The third kappa shape index (κ3) is 4.13. The van der Waals surface area contributed by atoms with Crippen molar-refractivity contribution in [3.05, 3.63) is 40.9 Å². The Labute approximate surface area is 186 Å².